The Hall–Kier alpha value is -1.06. The van der Waals surface area contributed by atoms with Crippen LogP contribution in [0, 0.1) is 11.3 Å². The first-order chi connectivity index (χ1) is 6.23. The zero-order valence-electron chi connectivity index (χ0n) is 8.91. The molecule has 0 aromatic rings. The highest BCUT2D eigenvalue weighted by Crippen LogP contribution is 2.32. The van der Waals surface area contributed by atoms with E-state index in [0.29, 0.717) is 6.42 Å². The summed E-state index contributed by atoms with van der Waals surface area (Å²) in [5.41, 5.74) is -0.159. The van der Waals surface area contributed by atoms with Gasteiger partial charge in [-0.3, -0.25) is 9.59 Å². The maximum atomic E-state index is 10.6. The van der Waals surface area contributed by atoms with Crippen LogP contribution in [0.5, 0.6) is 0 Å². The van der Waals surface area contributed by atoms with Gasteiger partial charge in [0.1, 0.15) is 0 Å². The molecule has 0 radical (unpaired) electrons. The summed E-state index contributed by atoms with van der Waals surface area (Å²) >= 11 is 0. The Morgan fingerprint density at radius 1 is 1.14 bits per heavy atom. The Morgan fingerprint density at radius 2 is 1.64 bits per heavy atom. The van der Waals surface area contributed by atoms with Crippen molar-refractivity contribution >= 4 is 11.9 Å². The van der Waals surface area contributed by atoms with Gasteiger partial charge in [-0.05, 0) is 17.8 Å². The second kappa shape index (κ2) is 4.98. The summed E-state index contributed by atoms with van der Waals surface area (Å²) in [5.74, 6) is -1.82. The number of carbonyl (C=O) groups is 2. The van der Waals surface area contributed by atoms with E-state index in [1.54, 1.807) is 0 Å². The third-order valence-corrected chi connectivity index (χ3v) is 2.35. The Balaban J connectivity index is 4.26. The van der Waals surface area contributed by atoms with Gasteiger partial charge in [0.25, 0.3) is 0 Å². The molecule has 82 valence electrons. The predicted molar refractivity (Wildman–Crippen MR) is 52.1 cm³/mol. The SMILES string of the molecule is CC(C)(C)C(CCC(=O)O)CC(=O)O. The summed E-state index contributed by atoms with van der Waals surface area (Å²) < 4.78 is 0. The number of carboxylic acids is 2. The van der Waals surface area contributed by atoms with Gasteiger partial charge < -0.3 is 10.2 Å². The molecule has 0 heterocycles. The average molecular weight is 202 g/mol. The molecule has 0 aliphatic rings. The molecule has 4 nitrogen and oxygen atoms in total. The molecule has 0 aromatic carbocycles. The van der Waals surface area contributed by atoms with E-state index in [-0.39, 0.29) is 24.2 Å². The van der Waals surface area contributed by atoms with Crippen LogP contribution >= 0.6 is 0 Å². The lowest BCUT2D eigenvalue weighted by molar-refractivity contribution is -0.141. The summed E-state index contributed by atoms with van der Waals surface area (Å²) in [6, 6.07) is 0. The lowest BCUT2D eigenvalue weighted by Crippen LogP contribution is -2.24. The number of hydrogen-bond donors (Lipinski definition) is 2. The van der Waals surface area contributed by atoms with Crippen LogP contribution < -0.4 is 0 Å². The van der Waals surface area contributed by atoms with Crippen molar-refractivity contribution in [3.63, 3.8) is 0 Å². The maximum Gasteiger partial charge on any atom is 0.303 e. The van der Waals surface area contributed by atoms with Crippen molar-refractivity contribution in [3.05, 3.63) is 0 Å². The van der Waals surface area contributed by atoms with Crippen molar-refractivity contribution in [2.24, 2.45) is 11.3 Å². The highest BCUT2D eigenvalue weighted by Gasteiger charge is 2.27. The summed E-state index contributed by atoms with van der Waals surface area (Å²) in [4.78, 5) is 20.9. The topological polar surface area (TPSA) is 74.6 Å². The molecule has 0 saturated carbocycles. The number of aliphatic carboxylic acids is 2. The molecule has 14 heavy (non-hydrogen) atoms. The minimum atomic E-state index is -0.871. The van der Waals surface area contributed by atoms with Gasteiger partial charge in [-0.15, -0.1) is 0 Å². The van der Waals surface area contributed by atoms with Crippen molar-refractivity contribution in [2.75, 3.05) is 0 Å². The molecule has 4 heteroatoms. The molecule has 0 amide bonds. The minimum absolute atomic E-state index is 0.0369. The highest BCUT2D eigenvalue weighted by molar-refractivity contribution is 5.68. The first-order valence-electron chi connectivity index (χ1n) is 4.67. The van der Waals surface area contributed by atoms with Gasteiger partial charge in [0, 0.05) is 12.8 Å². The van der Waals surface area contributed by atoms with E-state index in [1.165, 1.54) is 0 Å². The molecule has 0 saturated heterocycles. The van der Waals surface area contributed by atoms with Crippen LogP contribution in [0.25, 0.3) is 0 Å². The highest BCUT2D eigenvalue weighted by atomic mass is 16.4. The van der Waals surface area contributed by atoms with Crippen molar-refractivity contribution in [2.45, 2.75) is 40.0 Å². The molecule has 0 aliphatic carbocycles. The molecule has 0 rings (SSSR count). The number of carboxylic acid groups (broad SMARTS) is 2. The minimum Gasteiger partial charge on any atom is -0.481 e. The van der Waals surface area contributed by atoms with Crippen LogP contribution in [-0.2, 0) is 9.59 Å². The van der Waals surface area contributed by atoms with Crippen molar-refractivity contribution in [1.82, 2.24) is 0 Å². The van der Waals surface area contributed by atoms with Gasteiger partial charge in [0.15, 0.2) is 0 Å². The van der Waals surface area contributed by atoms with E-state index in [9.17, 15) is 9.59 Å². The van der Waals surface area contributed by atoms with E-state index in [0.717, 1.165) is 0 Å². The van der Waals surface area contributed by atoms with E-state index in [4.69, 9.17) is 10.2 Å². The molecule has 0 spiro atoms. The second-order valence-corrected chi connectivity index (χ2v) is 4.59. The predicted octanol–water partition coefficient (Wildman–Crippen LogP) is 1.99. The Labute approximate surface area is 83.9 Å². The zero-order valence-corrected chi connectivity index (χ0v) is 8.91. The third kappa shape index (κ3) is 5.56. The monoisotopic (exact) mass is 202 g/mol. The first kappa shape index (κ1) is 12.9. The van der Waals surface area contributed by atoms with Crippen molar-refractivity contribution in [3.8, 4) is 0 Å². The average Bonchev–Trinajstić information content (AvgIpc) is 1.94. The lowest BCUT2D eigenvalue weighted by Gasteiger charge is -2.29. The molecule has 0 fully saturated rings. The van der Waals surface area contributed by atoms with Crippen molar-refractivity contribution < 1.29 is 19.8 Å². The zero-order chi connectivity index (χ0) is 11.4. The molecule has 0 aromatic heterocycles. The molecule has 2 N–H and O–H groups in total. The van der Waals surface area contributed by atoms with Crippen LogP contribution in [0.2, 0.25) is 0 Å². The standard InChI is InChI=1S/C10H18O4/c1-10(2,3)7(6-9(13)14)4-5-8(11)12/h7H,4-6H2,1-3H3,(H,11,12)(H,13,14). The summed E-state index contributed by atoms with van der Waals surface area (Å²) in [5, 5.41) is 17.2. The number of hydrogen-bond acceptors (Lipinski definition) is 2. The summed E-state index contributed by atoms with van der Waals surface area (Å²) in [6.07, 6.45) is 0.497. The van der Waals surface area contributed by atoms with E-state index in [2.05, 4.69) is 0 Å². The smallest absolute Gasteiger partial charge is 0.303 e. The molecule has 0 aliphatic heterocycles. The fourth-order valence-corrected chi connectivity index (χ4v) is 1.35. The summed E-state index contributed by atoms with van der Waals surface area (Å²) in [7, 11) is 0. The summed E-state index contributed by atoms with van der Waals surface area (Å²) in [6.45, 7) is 5.80. The lowest BCUT2D eigenvalue weighted by atomic mass is 9.76. The van der Waals surface area contributed by atoms with Crippen LogP contribution in [0.3, 0.4) is 0 Å². The van der Waals surface area contributed by atoms with Gasteiger partial charge >= 0.3 is 11.9 Å². The quantitative estimate of drug-likeness (QED) is 0.714. The van der Waals surface area contributed by atoms with Crippen LogP contribution in [0.4, 0.5) is 0 Å². The second-order valence-electron chi connectivity index (χ2n) is 4.59. The van der Waals surface area contributed by atoms with Crippen LogP contribution in [-0.4, -0.2) is 22.2 Å². The van der Waals surface area contributed by atoms with Crippen molar-refractivity contribution in [1.29, 1.82) is 0 Å². The Kier molecular flexibility index (Phi) is 4.60. The maximum absolute atomic E-state index is 10.6. The fraction of sp³-hybridized carbons (Fsp3) is 0.800. The Bertz CT molecular complexity index is 215. The molecular formula is C10H18O4. The Morgan fingerprint density at radius 3 is 1.93 bits per heavy atom. The van der Waals surface area contributed by atoms with E-state index >= 15 is 0 Å². The van der Waals surface area contributed by atoms with E-state index in [1.807, 2.05) is 20.8 Å². The van der Waals surface area contributed by atoms with Gasteiger partial charge in [0.2, 0.25) is 0 Å². The van der Waals surface area contributed by atoms with Crippen LogP contribution in [0.1, 0.15) is 40.0 Å². The largest absolute Gasteiger partial charge is 0.481 e. The van der Waals surface area contributed by atoms with E-state index < -0.39 is 11.9 Å². The van der Waals surface area contributed by atoms with Crippen LogP contribution in [0.15, 0.2) is 0 Å². The van der Waals surface area contributed by atoms with Gasteiger partial charge in [0.05, 0.1) is 0 Å². The van der Waals surface area contributed by atoms with Gasteiger partial charge in [-0.1, -0.05) is 20.8 Å². The molecular weight excluding hydrogens is 184 g/mol. The molecule has 0 bridgehead atoms. The fourth-order valence-electron chi connectivity index (χ4n) is 1.35. The van der Waals surface area contributed by atoms with Gasteiger partial charge in [-0.2, -0.15) is 0 Å². The van der Waals surface area contributed by atoms with Gasteiger partial charge in [-0.25, -0.2) is 0 Å². The number of rotatable bonds is 5. The third-order valence-electron chi connectivity index (χ3n) is 2.35. The molecule has 1 unspecified atom stereocenters. The molecule has 1 atom stereocenters. The normalized spacial score (nSPS) is 13.6. The first-order valence-corrected chi connectivity index (χ1v) is 4.67.